The highest BCUT2D eigenvalue weighted by Gasteiger charge is 2.17. The first-order chi connectivity index (χ1) is 13.5. The van der Waals surface area contributed by atoms with Crippen molar-refractivity contribution in [2.75, 3.05) is 18.6 Å². The zero-order chi connectivity index (χ0) is 20.1. The van der Waals surface area contributed by atoms with Crippen LogP contribution in [0.2, 0.25) is 0 Å². The Hall–Kier alpha value is -3.28. The molecule has 3 aromatic rings. The highest BCUT2D eigenvalue weighted by Crippen LogP contribution is 2.23. The van der Waals surface area contributed by atoms with Crippen molar-refractivity contribution in [2.24, 2.45) is 0 Å². The molecule has 28 heavy (non-hydrogen) atoms. The van der Waals surface area contributed by atoms with Crippen LogP contribution in [0.3, 0.4) is 0 Å². The van der Waals surface area contributed by atoms with Gasteiger partial charge in [0.1, 0.15) is 11.5 Å². The quantitative estimate of drug-likeness (QED) is 0.675. The zero-order valence-electron chi connectivity index (χ0n) is 16.3. The molecule has 3 rings (SSSR count). The fourth-order valence-corrected chi connectivity index (χ4v) is 3.05. The lowest BCUT2D eigenvalue weighted by Gasteiger charge is -2.22. The van der Waals surface area contributed by atoms with E-state index >= 15 is 0 Å². The van der Waals surface area contributed by atoms with Crippen LogP contribution < -0.4 is 19.9 Å². The lowest BCUT2D eigenvalue weighted by molar-refractivity contribution is -0.118. The van der Waals surface area contributed by atoms with Crippen molar-refractivity contribution < 1.29 is 14.3 Å². The minimum Gasteiger partial charge on any atom is -0.497 e. The van der Waals surface area contributed by atoms with Gasteiger partial charge in [-0.3, -0.25) is 9.59 Å². The topological polar surface area (TPSA) is 71.6 Å². The number of hydrogen-bond acceptors (Lipinski definition) is 4. The molecule has 6 nitrogen and oxygen atoms in total. The molecule has 0 aliphatic carbocycles. The number of rotatable bonds is 7. The highest BCUT2D eigenvalue weighted by molar-refractivity contribution is 5.93. The molecule has 0 unspecified atom stereocenters. The van der Waals surface area contributed by atoms with Gasteiger partial charge >= 0.3 is 0 Å². The van der Waals surface area contributed by atoms with Crippen LogP contribution in [0.15, 0.2) is 53.3 Å². The summed E-state index contributed by atoms with van der Waals surface area (Å²) in [5.41, 5.74) is 1.75. The summed E-state index contributed by atoms with van der Waals surface area (Å²) in [6.07, 6.45) is 0.340. The van der Waals surface area contributed by atoms with Gasteiger partial charge in [-0.15, -0.1) is 0 Å². The third-order valence-electron chi connectivity index (χ3n) is 4.52. The van der Waals surface area contributed by atoms with Gasteiger partial charge in [-0.2, -0.15) is 0 Å². The maximum atomic E-state index is 12.6. The van der Waals surface area contributed by atoms with Crippen molar-refractivity contribution in [3.63, 3.8) is 0 Å². The smallest absolute Gasteiger partial charge is 0.253 e. The summed E-state index contributed by atoms with van der Waals surface area (Å²) < 4.78 is 10.7. The van der Waals surface area contributed by atoms with Crippen LogP contribution in [0.4, 0.5) is 5.69 Å². The van der Waals surface area contributed by atoms with Crippen LogP contribution in [0.1, 0.15) is 25.8 Å². The van der Waals surface area contributed by atoms with Gasteiger partial charge in [-0.05, 0) is 55.5 Å². The average Bonchev–Trinajstić information content (AvgIpc) is 2.72. The van der Waals surface area contributed by atoms with E-state index in [1.54, 1.807) is 37.1 Å². The number of anilines is 1. The number of methoxy groups -OCH3 is 1. The number of carbonyl (C=O) groups excluding carboxylic acids is 1. The van der Waals surface area contributed by atoms with Crippen molar-refractivity contribution in [3.05, 3.63) is 64.4 Å². The van der Waals surface area contributed by atoms with Gasteiger partial charge in [0.25, 0.3) is 5.56 Å². The van der Waals surface area contributed by atoms with E-state index in [2.05, 4.69) is 4.98 Å². The van der Waals surface area contributed by atoms with Crippen LogP contribution in [0.5, 0.6) is 11.5 Å². The van der Waals surface area contributed by atoms with Gasteiger partial charge in [0.05, 0.1) is 20.3 Å². The molecule has 1 amide bonds. The molecule has 0 fully saturated rings. The Morgan fingerprint density at radius 2 is 1.75 bits per heavy atom. The summed E-state index contributed by atoms with van der Waals surface area (Å²) >= 11 is 0. The zero-order valence-corrected chi connectivity index (χ0v) is 16.3. The molecule has 146 valence electrons. The first kappa shape index (κ1) is 19.5. The van der Waals surface area contributed by atoms with Crippen molar-refractivity contribution in [3.8, 4) is 11.5 Å². The van der Waals surface area contributed by atoms with Gasteiger partial charge in [-0.1, -0.05) is 6.92 Å². The molecule has 0 saturated carbocycles. The van der Waals surface area contributed by atoms with E-state index in [-0.39, 0.29) is 18.0 Å². The predicted octanol–water partition coefficient (Wildman–Crippen LogP) is 3.88. The van der Waals surface area contributed by atoms with E-state index in [9.17, 15) is 9.59 Å². The number of nitrogens with one attached hydrogen (secondary N) is 1. The second-order valence-corrected chi connectivity index (χ2v) is 6.34. The normalized spacial score (nSPS) is 10.7. The van der Waals surface area contributed by atoms with E-state index in [1.807, 2.05) is 37.3 Å². The molecule has 0 saturated heterocycles. The Morgan fingerprint density at radius 1 is 1.04 bits per heavy atom. The molecule has 6 heteroatoms. The van der Waals surface area contributed by atoms with Crippen LogP contribution in [0, 0.1) is 0 Å². The second kappa shape index (κ2) is 8.61. The van der Waals surface area contributed by atoms with Gasteiger partial charge in [-0.25, -0.2) is 0 Å². The van der Waals surface area contributed by atoms with Crippen molar-refractivity contribution >= 4 is 22.5 Å². The third kappa shape index (κ3) is 4.17. The predicted molar refractivity (Wildman–Crippen MR) is 110 cm³/mol. The Bertz CT molecular complexity index is 1020. The monoisotopic (exact) mass is 380 g/mol. The Labute approximate surface area is 163 Å². The van der Waals surface area contributed by atoms with Crippen LogP contribution in [-0.2, 0) is 11.3 Å². The maximum Gasteiger partial charge on any atom is 0.253 e. The highest BCUT2D eigenvalue weighted by atomic mass is 16.5. The standard InChI is InChI=1S/C22H24N2O4/c1-4-21(25)24(17-6-8-18(9-7-17)28-5-2)14-16-12-15-13-19(27-3)10-11-20(15)23-22(16)26/h6-13H,4-5,14H2,1-3H3,(H,23,26). The Balaban J connectivity index is 1.97. The lowest BCUT2D eigenvalue weighted by Crippen LogP contribution is -2.32. The van der Waals surface area contributed by atoms with Crippen LogP contribution >= 0.6 is 0 Å². The van der Waals surface area contributed by atoms with Gasteiger partial charge in [0, 0.05) is 28.6 Å². The molecule has 0 radical (unpaired) electrons. The van der Waals surface area contributed by atoms with E-state index in [4.69, 9.17) is 9.47 Å². The summed E-state index contributed by atoms with van der Waals surface area (Å²) in [6, 6.07) is 14.6. The molecular formula is C22H24N2O4. The molecule has 1 N–H and O–H groups in total. The molecule has 0 atom stereocenters. The maximum absolute atomic E-state index is 12.6. The molecule has 0 spiro atoms. The number of fused-ring (bicyclic) bond motifs is 1. The van der Waals surface area contributed by atoms with E-state index in [0.29, 0.717) is 24.3 Å². The summed E-state index contributed by atoms with van der Waals surface area (Å²) in [5.74, 6) is 1.39. The average molecular weight is 380 g/mol. The fraction of sp³-hybridized carbons (Fsp3) is 0.273. The SMILES string of the molecule is CCOc1ccc(N(Cc2cc3cc(OC)ccc3[nH]c2=O)C(=O)CC)cc1. The number of amides is 1. The van der Waals surface area contributed by atoms with E-state index < -0.39 is 0 Å². The van der Waals surface area contributed by atoms with E-state index in [1.165, 1.54) is 0 Å². The number of pyridine rings is 1. The Morgan fingerprint density at radius 3 is 2.39 bits per heavy atom. The minimum atomic E-state index is -0.211. The summed E-state index contributed by atoms with van der Waals surface area (Å²) in [5, 5.41) is 0.851. The molecule has 1 heterocycles. The number of H-pyrrole nitrogens is 1. The number of hydrogen-bond donors (Lipinski definition) is 1. The first-order valence-corrected chi connectivity index (χ1v) is 9.28. The van der Waals surface area contributed by atoms with Gasteiger partial charge in [0.15, 0.2) is 0 Å². The summed E-state index contributed by atoms with van der Waals surface area (Å²) in [7, 11) is 1.60. The van der Waals surface area contributed by atoms with Gasteiger partial charge < -0.3 is 19.4 Å². The number of aromatic amines is 1. The molecular weight excluding hydrogens is 356 g/mol. The number of ether oxygens (including phenoxy) is 2. The molecule has 0 bridgehead atoms. The van der Waals surface area contributed by atoms with Crippen molar-refractivity contribution in [1.29, 1.82) is 0 Å². The fourth-order valence-electron chi connectivity index (χ4n) is 3.05. The summed E-state index contributed by atoms with van der Waals surface area (Å²) in [6.45, 7) is 4.48. The van der Waals surface area contributed by atoms with Crippen molar-refractivity contribution in [1.82, 2.24) is 4.98 Å². The molecule has 1 aromatic heterocycles. The largest absolute Gasteiger partial charge is 0.497 e. The number of carbonyl (C=O) groups is 1. The molecule has 0 aliphatic heterocycles. The van der Waals surface area contributed by atoms with Crippen LogP contribution in [-0.4, -0.2) is 24.6 Å². The number of benzene rings is 2. The number of aromatic nitrogens is 1. The summed E-state index contributed by atoms with van der Waals surface area (Å²) in [4.78, 5) is 29.6. The number of nitrogens with zero attached hydrogens (tertiary/aromatic N) is 1. The lowest BCUT2D eigenvalue weighted by atomic mass is 10.1. The van der Waals surface area contributed by atoms with Crippen molar-refractivity contribution in [2.45, 2.75) is 26.8 Å². The van der Waals surface area contributed by atoms with E-state index in [0.717, 1.165) is 22.3 Å². The minimum absolute atomic E-state index is 0.0608. The molecule has 0 aliphatic rings. The first-order valence-electron chi connectivity index (χ1n) is 9.28. The second-order valence-electron chi connectivity index (χ2n) is 6.34. The molecule has 2 aromatic carbocycles. The Kier molecular flexibility index (Phi) is 5.99. The third-order valence-corrected chi connectivity index (χ3v) is 4.52. The van der Waals surface area contributed by atoms with Gasteiger partial charge in [0.2, 0.25) is 5.91 Å². The van der Waals surface area contributed by atoms with Crippen LogP contribution in [0.25, 0.3) is 10.9 Å².